The minimum atomic E-state index is 0.296. The summed E-state index contributed by atoms with van der Waals surface area (Å²) in [5.74, 6) is 0. The molecule has 0 saturated carbocycles. The summed E-state index contributed by atoms with van der Waals surface area (Å²) in [5, 5.41) is 0. The van der Waals surface area contributed by atoms with Crippen molar-refractivity contribution in [3.63, 3.8) is 0 Å². The second-order valence-electron chi connectivity index (χ2n) is 4.87. The van der Waals surface area contributed by atoms with E-state index in [4.69, 9.17) is 18.9 Å². The van der Waals surface area contributed by atoms with Crippen molar-refractivity contribution in [2.24, 2.45) is 0 Å². The minimum Gasteiger partial charge on any atom is -0.375 e. The first-order valence-corrected chi connectivity index (χ1v) is 6.78. The van der Waals surface area contributed by atoms with E-state index >= 15 is 0 Å². The zero-order valence-electron chi connectivity index (χ0n) is 10.9. The van der Waals surface area contributed by atoms with E-state index in [1.54, 1.807) is 0 Å². The van der Waals surface area contributed by atoms with Crippen molar-refractivity contribution >= 4 is 0 Å². The highest BCUT2D eigenvalue weighted by molar-refractivity contribution is 4.72. The molecule has 2 heterocycles. The lowest BCUT2D eigenvalue weighted by molar-refractivity contribution is -0.0267. The second kappa shape index (κ2) is 6.69. The maximum Gasteiger partial charge on any atom is 0.104 e. The third-order valence-corrected chi connectivity index (χ3v) is 3.28. The molecule has 0 bridgehead atoms. The number of hydrogen-bond acceptors (Lipinski definition) is 4. The van der Waals surface area contributed by atoms with Gasteiger partial charge in [-0.2, -0.15) is 0 Å². The van der Waals surface area contributed by atoms with Gasteiger partial charge in [0, 0.05) is 0 Å². The standard InChI is InChI=1S/C13H24O4/c1-3-10(14-6-12-8-16-12)5-11(4-2)15-7-13-9-17-13/h10-13H,3-9H2,1-2H3. The molecule has 2 aliphatic rings. The molecule has 100 valence electrons. The van der Waals surface area contributed by atoms with Crippen LogP contribution in [0, 0.1) is 0 Å². The summed E-state index contributed by atoms with van der Waals surface area (Å²) in [4.78, 5) is 0. The van der Waals surface area contributed by atoms with Crippen molar-refractivity contribution in [1.29, 1.82) is 0 Å². The van der Waals surface area contributed by atoms with Gasteiger partial charge in [-0.1, -0.05) is 13.8 Å². The summed E-state index contributed by atoms with van der Waals surface area (Å²) in [6.07, 6.45) is 4.34. The maximum absolute atomic E-state index is 5.83. The SMILES string of the molecule is CCC(CC(CC)OCC1CO1)OCC1CO1. The van der Waals surface area contributed by atoms with Gasteiger partial charge in [0.25, 0.3) is 0 Å². The molecular formula is C13H24O4. The number of ether oxygens (including phenoxy) is 4. The number of rotatable bonds is 10. The van der Waals surface area contributed by atoms with Gasteiger partial charge >= 0.3 is 0 Å². The zero-order valence-corrected chi connectivity index (χ0v) is 10.9. The molecule has 4 atom stereocenters. The normalized spacial score (nSPS) is 30.0. The first kappa shape index (κ1) is 13.3. The van der Waals surface area contributed by atoms with Gasteiger partial charge in [-0.3, -0.25) is 0 Å². The van der Waals surface area contributed by atoms with Gasteiger partial charge in [0.2, 0.25) is 0 Å². The topological polar surface area (TPSA) is 43.5 Å². The third kappa shape index (κ3) is 5.34. The first-order valence-electron chi connectivity index (χ1n) is 6.78. The molecular weight excluding hydrogens is 220 g/mol. The van der Waals surface area contributed by atoms with Gasteiger partial charge in [-0.05, 0) is 19.3 Å². The molecule has 4 unspecified atom stereocenters. The van der Waals surface area contributed by atoms with Gasteiger partial charge in [0.05, 0.1) is 38.6 Å². The fourth-order valence-corrected chi connectivity index (χ4v) is 1.81. The van der Waals surface area contributed by atoms with E-state index in [1.165, 1.54) is 0 Å². The van der Waals surface area contributed by atoms with Gasteiger partial charge in [0.15, 0.2) is 0 Å². The van der Waals surface area contributed by atoms with Crippen molar-refractivity contribution < 1.29 is 18.9 Å². The summed E-state index contributed by atoms with van der Waals surface area (Å²) in [7, 11) is 0. The molecule has 2 rings (SSSR count). The van der Waals surface area contributed by atoms with Gasteiger partial charge < -0.3 is 18.9 Å². The van der Waals surface area contributed by atoms with E-state index in [0.29, 0.717) is 24.4 Å². The highest BCUT2D eigenvalue weighted by Crippen LogP contribution is 2.18. The lowest BCUT2D eigenvalue weighted by atomic mass is 10.1. The van der Waals surface area contributed by atoms with Crippen LogP contribution < -0.4 is 0 Å². The van der Waals surface area contributed by atoms with Crippen LogP contribution in [0.25, 0.3) is 0 Å². The molecule has 2 saturated heterocycles. The largest absolute Gasteiger partial charge is 0.375 e. The van der Waals surface area contributed by atoms with Gasteiger partial charge in [0.1, 0.15) is 12.2 Å². The Balaban J connectivity index is 1.61. The number of hydrogen-bond donors (Lipinski definition) is 0. The van der Waals surface area contributed by atoms with Crippen LogP contribution in [0.1, 0.15) is 33.1 Å². The Bertz CT molecular complexity index is 191. The summed E-state index contributed by atoms with van der Waals surface area (Å²) in [6, 6.07) is 0. The van der Waals surface area contributed by atoms with Crippen molar-refractivity contribution in [3.05, 3.63) is 0 Å². The van der Waals surface area contributed by atoms with Crippen LogP contribution in [0.5, 0.6) is 0 Å². The molecule has 0 amide bonds. The van der Waals surface area contributed by atoms with Gasteiger partial charge in [-0.15, -0.1) is 0 Å². The molecule has 0 aromatic carbocycles. The molecule has 0 radical (unpaired) electrons. The third-order valence-electron chi connectivity index (χ3n) is 3.28. The fourth-order valence-electron chi connectivity index (χ4n) is 1.81. The van der Waals surface area contributed by atoms with E-state index in [9.17, 15) is 0 Å². The first-order chi connectivity index (χ1) is 8.31. The van der Waals surface area contributed by atoms with E-state index in [0.717, 1.165) is 45.7 Å². The average molecular weight is 244 g/mol. The van der Waals surface area contributed by atoms with E-state index in [2.05, 4.69) is 13.8 Å². The Labute approximate surface area is 104 Å². The molecule has 0 N–H and O–H groups in total. The van der Waals surface area contributed by atoms with Crippen LogP contribution in [0.2, 0.25) is 0 Å². The second-order valence-corrected chi connectivity index (χ2v) is 4.87. The van der Waals surface area contributed by atoms with Crippen molar-refractivity contribution in [2.75, 3.05) is 26.4 Å². The van der Waals surface area contributed by atoms with Crippen molar-refractivity contribution in [2.45, 2.75) is 57.5 Å². The minimum absolute atomic E-state index is 0.296. The molecule has 2 aliphatic heterocycles. The summed E-state index contributed by atoms with van der Waals surface area (Å²) in [6.45, 7) is 7.53. The van der Waals surface area contributed by atoms with E-state index in [-0.39, 0.29) is 0 Å². The highest BCUT2D eigenvalue weighted by atomic mass is 16.6. The Morgan fingerprint density at radius 1 is 0.941 bits per heavy atom. The molecule has 4 nitrogen and oxygen atoms in total. The predicted molar refractivity (Wildman–Crippen MR) is 64.2 cm³/mol. The molecule has 2 fully saturated rings. The molecule has 17 heavy (non-hydrogen) atoms. The Morgan fingerprint density at radius 2 is 1.35 bits per heavy atom. The maximum atomic E-state index is 5.83. The number of epoxide rings is 2. The monoisotopic (exact) mass is 244 g/mol. The molecule has 0 aliphatic carbocycles. The highest BCUT2D eigenvalue weighted by Gasteiger charge is 2.26. The Morgan fingerprint density at radius 3 is 1.65 bits per heavy atom. The lowest BCUT2D eigenvalue weighted by Crippen LogP contribution is -2.25. The predicted octanol–water partition coefficient (Wildman–Crippen LogP) is 1.76. The quantitative estimate of drug-likeness (QED) is 0.549. The van der Waals surface area contributed by atoms with Crippen LogP contribution in [-0.4, -0.2) is 50.8 Å². The van der Waals surface area contributed by atoms with E-state index in [1.807, 2.05) is 0 Å². The fraction of sp³-hybridized carbons (Fsp3) is 1.00. The van der Waals surface area contributed by atoms with Crippen molar-refractivity contribution in [1.82, 2.24) is 0 Å². The van der Waals surface area contributed by atoms with Crippen LogP contribution in [-0.2, 0) is 18.9 Å². The molecule has 0 spiro atoms. The summed E-state index contributed by atoms with van der Waals surface area (Å²) >= 11 is 0. The molecule has 0 aromatic rings. The van der Waals surface area contributed by atoms with Crippen molar-refractivity contribution in [3.8, 4) is 0 Å². The Hall–Kier alpha value is -0.160. The average Bonchev–Trinajstić information content (AvgIpc) is 3.22. The van der Waals surface area contributed by atoms with Crippen LogP contribution in [0.4, 0.5) is 0 Å². The molecule has 0 aromatic heterocycles. The van der Waals surface area contributed by atoms with Crippen LogP contribution >= 0.6 is 0 Å². The zero-order chi connectivity index (χ0) is 12.1. The van der Waals surface area contributed by atoms with Crippen LogP contribution in [0.3, 0.4) is 0 Å². The summed E-state index contributed by atoms with van der Waals surface area (Å²) in [5.41, 5.74) is 0. The molecule has 4 heteroatoms. The van der Waals surface area contributed by atoms with Crippen LogP contribution in [0.15, 0.2) is 0 Å². The van der Waals surface area contributed by atoms with Gasteiger partial charge in [-0.25, -0.2) is 0 Å². The summed E-state index contributed by atoms with van der Waals surface area (Å²) < 4.78 is 22.0. The lowest BCUT2D eigenvalue weighted by Gasteiger charge is -2.22. The Kier molecular flexibility index (Phi) is 5.22. The smallest absolute Gasteiger partial charge is 0.104 e. The van der Waals surface area contributed by atoms with E-state index < -0.39 is 0 Å².